The Bertz CT molecular complexity index is 1410. The first kappa shape index (κ1) is 30.5. The Morgan fingerprint density at radius 2 is 1.54 bits per heavy atom. The fraction of sp³-hybridized carbons (Fsp3) is 0.310. The summed E-state index contributed by atoms with van der Waals surface area (Å²) in [6, 6.07) is 17.3. The minimum atomic E-state index is -4.15. The molecule has 7 nitrogen and oxygen atoms in total. The third-order valence-electron chi connectivity index (χ3n) is 6.30. The SMILES string of the molecule is CCCNC(=O)[C@@H](C)N(Cc1ccc(Cl)cc1)C(=O)CN(c1ccc(Cl)cc1C)S(=O)(=O)c1ccc(C)cc1. The van der Waals surface area contributed by atoms with Gasteiger partial charge in [0.1, 0.15) is 12.6 Å². The lowest BCUT2D eigenvalue weighted by atomic mass is 10.1. The standard InChI is InChI=1S/C29H33Cl2N3O4S/c1-5-16-32-29(36)22(4)33(18-23-8-10-24(30)11-9-23)28(35)19-34(27-15-12-25(31)17-21(27)3)39(37,38)26-13-6-20(2)7-14-26/h6-15,17,22H,5,16,18-19H2,1-4H3,(H,32,36)/t22-/m1/s1. The topological polar surface area (TPSA) is 86.8 Å². The summed E-state index contributed by atoms with van der Waals surface area (Å²) in [5.74, 6) is -0.857. The number of nitrogens with one attached hydrogen (secondary N) is 1. The number of halogens is 2. The number of nitrogens with zero attached hydrogens (tertiary/aromatic N) is 2. The van der Waals surface area contributed by atoms with Gasteiger partial charge in [-0.05, 0) is 80.8 Å². The average Bonchev–Trinajstić information content (AvgIpc) is 2.90. The van der Waals surface area contributed by atoms with Crippen molar-refractivity contribution < 1.29 is 18.0 Å². The smallest absolute Gasteiger partial charge is 0.264 e. The lowest BCUT2D eigenvalue weighted by Gasteiger charge is -2.32. The lowest BCUT2D eigenvalue weighted by molar-refractivity contribution is -0.139. The molecule has 0 spiro atoms. The number of carbonyl (C=O) groups excluding carboxylic acids is 2. The quantitative estimate of drug-likeness (QED) is 0.308. The van der Waals surface area contributed by atoms with Gasteiger partial charge >= 0.3 is 0 Å². The van der Waals surface area contributed by atoms with Gasteiger partial charge in [0.2, 0.25) is 11.8 Å². The Morgan fingerprint density at radius 1 is 0.923 bits per heavy atom. The minimum absolute atomic E-state index is 0.0493. The van der Waals surface area contributed by atoms with E-state index in [1.165, 1.54) is 17.0 Å². The molecule has 0 fully saturated rings. The first-order chi connectivity index (χ1) is 18.4. The molecule has 1 atom stereocenters. The van der Waals surface area contributed by atoms with Crippen LogP contribution in [0.4, 0.5) is 5.69 Å². The van der Waals surface area contributed by atoms with Gasteiger partial charge in [-0.15, -0.1) is 0 Å². The van der Waals surface area contributed by atoms with Gasteiger partial charge in [-0.3, -0.25) is 13.9 Å². The molecule has 39 heavy (non-hydrogen) atoms. The summed E-state index contributed by atoms with van der Waals surface area (Å²) < 4.78 is 28.9. The number of carbonyl (C=O) groups is 2. The van der Waals surface area contributed by atoms with Crippen LogP contribution in [0.5, 0.6) is 0 Å². The molecular formula is C29H33Cl2N3O4S. The second kappa shape index (κ2) is 13.3. The van der Waals surface area contributed by atoms with Crippen LogP contribution in [0.3, 0.4) is 0 Å². The maximum absolute atomic E-state index is 13.9. The number of hydrogen-bond acceptors (Lipinski definition) is 4. The van der Waals surface area contributed by atoms with E-state index in [4.69, 9.17) is 23.2 Å². The van der Waals surface area contributed by atoms with Gasteiger partial charge in [0.05, 0.1) is 10.6 Å². The van der Waals surface area contributed by atoms with Crippen LogP contribution in [-0.4, -0.2) is 44.3 Å². The van der Waals surface area contributed by atoms with Crippen molar-refractivity contribution in [2.24, 2.45) is 0 Å². The van der Waals surface area contributed by atoms with Crippen molar-refractivity contribution in [2.75, 3.05) is 17.4 Å². The fourth-order valence-electron chi connectivity index (χ4n) is 4.01. The van der Waals surface area contributed by atoms with E-state index in [1.807, 2.05) is 13.8 Å². The molecule has 0 aliphatic rings. The molecule has 0 saturated heterocycles. The van der Waals surface area contributed by atoms with Gasteiger partial charge in [-0.2, -0.15) is 0 Å². The second-order valence-corrected chi connectivity index (χ2v) is 12.1. The van der Waals surface area contributed by atoms with Gasteiger partial charge in [0.25, 0.3) is 10.0 Å². The fourth-order valence-corrected chi connectivity index (χ4v) is 5.85. The Labute approximate surface area is 240 Å². The van der Waals surface area contributed by atoms with E-state index < -0.39 is 28.5 Å². The molecular weight excluding hydrogens is 557 g/mol. The number of sulfonamides is 1. The predicted octanol–water partition coefficient (Wildman–Crippen LogP) is 5.75. The third kappa shape index (κ3) is 7.75. The van der Waals surface area contributed by atoms with E-state index in [9.17, 15) is 18.0 Å². The van der Waals surface area contributed by atoms with Crippen molar-refractivity contribution in [3.63, 3.8) is 0 Å². The van der Waals surface area contributed by atoms with E-state index in [0.717, 1.165) is 21.9 Å². The Hall–Kier alpha value is -3.07. The number of aryl methyl sites for hydroxylation is 2. The summed E-state index contributed by atoms with van der Waals surface area (Å²) in [7, 11) is -4.15. The molecule has 2 amide bonds. The number of anilines is 1. The minimum Gasteiger partial charge on any atom is -0.354 e. The van der Waals surface area contributed by atoms with Crippen LogP contribution >= 0.6 is 23.2 Å². The highest BCUT2D eigenvalue weighted by Crippen LogP contribution is 2.29. The van der Waals surface area contributed by atoms with Crippen molar-refractivity contribution in [3.05, 3.63) is 93.5 Å². The first-order valence-electron chi connectivity index (χ1n) is 12.6. The first-order valence-corrected chi connectivity index (χ1v) is 14.8. The zero-order chi connectivity index (χ0) is 28.7. The van der Waals surface area contributed by atoms with Gasteiger partial charge in [0.15, 0.2) is 0 Å². The molecule has 1 N–H and O–H groups in total. The van der Waals surface area contributed by atoms with Crippen molar-refractivity contribution in [1.29, 1.82) is 0 Å². The van der Waals surface area contributed by atoms with Crippen molar-refractivity contribution >= 4 is 50.7 Å². The second-order valence-electron chi connectivity index (χ2n) is 9.37. The molecule has 0 heterocycles. The van der Waals surface area contributed by atoms with Crippen molar-refractivity contribution in [1.82, 2.24) is 10.2 Å². The molecule has 0 bridgehead atoms. The Kier molecular flexibility index (Phi) is 10.4. The lowest BCUT2D eigenvalue weighted by Crippen LogP contribution is -2.51. The summed E-state index contributed by atoms with van der Waals surface area (Å²) in [6.07, 6.45) is 0.738. The summed E-state index contributed by atoms with van der Waals surface area (Å²) in [5, 5.41) is 3.81. The molecule has 208 valence electrons. The highest BCUT2D eigenvalue weighted by Gasteiger charge is 2.33. The van der Waals surface area contributed by atoms with Crippen LogP contribution < -0.4 is 9.62 Å². The monoisotopic (exact) mass is 589 g/mol. The highest BCUT2D eigenvalue weighted by atomic mass is 35.5. The number of rotatable bonds is 11. The van der Waals surface area contributed by atoms with Crippen molar-refractivity contribution in [2.45, 2.75) is 51.6 Å². The number of hydrogen-bond donors (Lipinski definition) is 1. The Balaban J connectivity index is 2.05. The van der Waals surface area contributed by atoms with E-state index >= 15 is 0 Å². The molecule has 0 saturated carbocycles. The maximum atomic E-state index is 13.9. The highest BCUT2D eigenvalue weighted by molar-refractivity contribution is 7.92. The molecule has 0 aliphatic carbocycles. The summed E-state index contributed by atoms with van der Waals surface area (Å²) in [6.45, 7) is 7.20. The summed E-state index contributed by atoms with van der Waals surface area (Å²) in [5.41, 5.74) is 2.56. The largest absolute Gasteiger partial charge is 0.354 e. The molecule has 3 rings (SSSR count). The van der Waals surface area contributed by atoms with E-state index in [0.29, 0.717) is 27.8 Å². The molecule has 3 aromatic carbocycles. The van der Waals surface area contributed by atoms with Crippen LogP contribution in [0.15, 0.2) is 71.6 Å². The van der Waals surface area contributed by atoms with Crippen LogP contribution in [0.1, 0.15) is 37.0 Å². The van der Waals surface area contributed by atoms with Gasteiger partial charge in [-0.1, -0.05) is 60.0 Å². The van der Waals surface area contributed by atoms with Gasteiger partial charge in [-0.25, -0.2) is 8.42 Å². The normalized spacial score (nSPS) is 12.1. The zero-order valence-corrected chi connectivity index (χ0v) is 24.8. The molecule has 3 aromatic rings. The van der Waals surface area contributed by atoms with E-state index in [-0.39, 0.29) is 17.3 Å². The molecule has 0 unspecified atom stereocenters. The molecule has 10 heteroatoms. The molecule has 0 aromatic heterocycles. The van der Waals surface area contributed by atoms with Gasteiger partial charge < -0.3 is 10.2 Å². The van der Waals surface area contributed by atoms with Crippen LogP contribution in [-0.2, 0) is 26.2 Å². The maximum Gasteiger partial charge on any atom is 0.264 e. The van der Waals surface area contributed by atoms with Crippen LogP contribution in [0, 0.1) is 13.8 Å². The zero-order valence-electron chi connectivity index (χ0n) is 22.4. The molecule has 0 radical (unpaired) electrons. The Morgan fingerprint density at radius 3 is 2.13 bits per heavy atom. The van der Waals surface area contributed by atoms with Crippen LogP contribution in [0.2, 0.25) is 10.0 Å². The number of amides is 2. The van der Waals surface area contributed by atoms with Crippen molar-refractivity contribution in [3.8, 4) is 0 Å². The third-order valence-corrected chi connectivity index (χ3v) is 8.56. The molecule has 0 aliphatic heterocycles. The van der Waals surface area contributed by atoms with Crippen LogP contribution in [0.25, 0.3) is 0 Å². The predicted molar refractivity (Wildman–Crippen MR) is 157 cm³/mol. The van der Waals surface area contributed by atoms with E-state index in [1.54, 1.807) is 68.4 Å². The van der Waals surface area contributed by atoms with Gasteiger partial charge in [0, 0.05) is 23.1 Å². The number of benzene rings is 3. The average molecular weight is 591 g/mol. The summed E-state index contributed by atoms with van der Waals surface area (Å²) in [4.78, 5) is 28.3. The summed E-state index contributed by atoms with van der Waals surface area (Å²) >= 11 is 12.2. The van der Waals surface area contributed by atoms with E-state index in [2.05, 4.69) is 5.32 Å².